The van der Waals surface area contributed by atoms with E-state index in [0.29, 0.717) is 23.6 Å². The highest BCUT2D eigenvalue weighted by atomic mass is 35.5. The molecule has 4 heterocycles. The van der Waals surface area contributed by atoms with Crippen LogP contribution in [0.4, 0.5) is 14.5 Å². The molecule has 16 heteroatoms. The highest BCUT2D eigenvalue weighted by molar-refractivity contribution is 7.92. The number of aromatic nitrogens is 6. The summed E-state index contributed by atoms with van der Waals surface area (Å²) >= 11 is 5.92. The molecule has 0 saturated carbocycles. The Bertz CT molecular complexity index is 1910. The molecule has 0 bridgehead atoms. The third kappa shape index (κ3) is 6.54. The lowest BCUT2D eigenvalue weighted by atomic mass is 10.0. The van der Waals surface area contributed by atoms with Gasteiger partial charge >= 0.3 is 0 Å². The van der Waals surface area contributed by atoms with Crippen LogP contribution in [0.25, 0.3) is 28.2 Å². The Morgan fingerprint density at radius 3 is 2.63 bits per heavy atom. The predicted molar refractivity (Wildman–Crippen MR) is 160 cm³/mol. The zero-order valence-corrected chi connectivity index (χ0v) is 26.2. The summed E-state index contributed by atoms with van der Waals surface area (Å²) in [5, 5.41) is 8.22. The summed E-state index contributed by atoms with van der Waals surface area (Å²) in [6.07, 6.45) is 5.73. The number of hydrogen-bond donors (Lipinski definition) is 1. The largest absolute Gasteiger partial charge is 0.480 e. The van der Waals surface area contributed by atoms with E-state index >= 15 is 8.78 Å². The third-order valence-corrected chi connectivity index (χ3v) is 9.75. The van der Waals surface area contributed by atoms with Crippen molar-refractivity contribution in [2.75, 3.05) is 18.4 Å². The minimum Gasteiger partial charge on any atom is -0.480 e. The number of benzene rings is 1. The first-order chi connectivity index (χ1) is 20.4. The van der Waals surface area contributed by atoms with Crippen LogP contribution in [0.2, 0.25) is 30.7 Å². The molecule has 0 radical (unpaired) electrons. The number of methoxy groups -OCH3 is 1. The van der Waals surface area contributed by atoms with Crippen LogP contribution in [0.1, 0.15) is 0 Å². The number of sulfonamides is 1. The van der Waals surface area contributed by atoms with E-state index in [2.05, 4.69) is 44.5 Å². The van der Waals surface area contributed by atoms with Crippen molar-refractivity contribution in [3.05, 3.63) is 72.0 Å². The van der Waals surface area contributed by atoms with E-state index in [4.69, 9.17) is 21.1 Å². The van der Waals surface area contributed by atoms with Gasteiger partial charge in [0.15, 0.2) is 16.5 Å². The molecule has 0 saturated heterocycles. The molecule has 0 fully saturated rings. The number of rotatable bonds is 11. The van der Waals surface area contributed by atoms with E-state index in [0.717, 1.165) is 24.2 Å². The van der Waals surface area contributed by atoms with Gasteiger partial charge in [0.2, 0.25) is 5.88 Å². The number of imidazole rings is 1. The molecule has 43 heavy (non-hydrogen) atoms. The molecule has 0 unspecified atom stereocenters. The van der Waals surface area contributed by atoms with Crippen LogP contribution in [0.3, 0.4) is 0 Å². The van der Waals surface area contributed by atoms with Crippen molar-refractivity contribution in [1.29, 1.82) is 0 Å². The van der Waals surface area contributed by atoms with Crippen LogP contribution in [-0.4, -0.2) is 59.3 Å². The van der Waals surface area contributed by atoms with Gasteiger partial charge in [0.1, 0.15) is 30.9 Å². The highest BCUT2D eigenvalue weighted by Crippen LogP contribution is 2.34. The van der Waals surface area contributed by atoms with Gasteiger partial charge in [-0.15, -0.1) is 10.2 Å². The van der Waals surface area contributed by atoms with Crippen molar-refractivity contribution < 1.29 is 26.7 Å². The van der Waals surface area contributed by atoms with Crippen LogP contribution >= 0.6 is 11.6 Å². The molecule has 0 aliphatic heterocycles. The fourth-order valence-electron chi connectivity index (χ4n) is 4.24. The molecule has 0 spiro atoms. The summed E-state index contributed by atoms with van der Waals surface area (Å²) in [7, 11) is -4.42. The van der Waals surface area contributed by atoms with Crippen molar-refractivity contribution >= 4 is 40.9 Å². The van der Waals surface area contributed by atoms with Crippen molar-refractivity contribution in [3.8, 4) is 28.5 Å². The summed E-state index contributed by atoms with van der Waals surface area (Å²) in [5.74, 6) is -1.78. The Labute approximate surface area is 252 Å². The summed E-state index contributed by atoms with van der Waals surface area (Å²) in [4.78, 5) is 7.88. The van der Waals surface area contributed by atoms with Crippen LogP contribution in [-0.2, 0) is 21.5 Å². The van der Waals surface area contributed by atoms with Crippen LogP contribution in [0.15, 0.2) is 60.3 Å². The number of nitrogens with one attached hydrogen (secondary N) is 1. The Morgan fingerprint density at radius 2 is 1.88 bits per heavy atom. The number of hydrogen-bond acceptors (Lipinski definition) is 8. The van der Waals surface area contributed by atoms with Crippen molar-refractivity contribution in [1.82, 2.24) is 29.1 Å². The minimum absolute atomic E-state index is 0.0299. The minimum atomic E-state index is -4.41. The third-order valence-electron chi connectivity index (χ3n) is 6.48. The van der Waals surface area contributed by atoms with E-state index in [1.54, 1.807) is 21.4 Å². The Balaban J connectivity index is 1.44. The van der Waals surface area contributed by atoms with E-state index < -0.39 is 45.9 Å². The molecular weight excluding hydrogens is 620 g/mol. The van der Waals surface area contributed by atoms with Crippen molar-refractivity contribution in [2.45, 2.75) is 37.3 Å². The van der Waals surface area contributed by atoms with Gasteiger partial charge in [-0.3, -0.25) is 9.29 Å². The first-order valence-electron chi connectivity index (χ1n) is 13.0. The molecule has 226 valence electrons. The fraction of sp³-hybridized carbons (Fsp3) is 0.259. The zero-order chi connectivity index (χ0) is 30.9. The Kier molecular flexibility index (Phi) is 8.51. The monoisotopic (exact) mass is 647 g/mol. The van der Waals surface area contributed by atoms with Gasteiger partial charge in [0, 0.05) is 32.6 Å². The van der Waals surface area contributed by atoms with Gasteiger partial charge in [0.25, 0.3) is 10.0 Å². The maximum atomic E-state index is 15.7. The lowest BCUT2D eigenvalue weighted by molar-refractivity contribution is 0.0880. The normalized spacial score (nSPS) is 12.2. The molecule has 0 aliphatic carbocycles. The molecule has 5 aromatic rings. The van der Waals surface area contributed by atoms with Gasteiger partial charge in [-0.2, -0.15) is 0 Å². The summed E-state index contributed by atoms with van der Waals surface area (Å²) in [6, 6.07) is 7.24. The lowest BCUT2D eigenvalue weighted by Crippen LogP contribution is -2.22. The molecule has 11 nitrogen and oxygen atoms in total. The van der Waals surface area contributed by atoms with Crippen molar-refractivity contribution in [2.24, 2.45) is 0 Å². The number of pyridine rings is 2. The lowest BCUT2D eigenvalue weighted by Gasteiger charge is -2.15. The molecule has 0 atom stereocenters. The standard InChI is InChI=1S/C27H28ClF2N7O4SSi/c1-40-27-22(11-18(28)12-31-27)42(38,39)35-20-7-6-19(29)23(24(20)30)17-5-8-21-25(32-14-36(21)13-17)26-34-33-15-37(26)16-41-9-10-43(2,3)4/h5-8,11-15,35H,9-10,16H2,1-4H3. The zero-order valence-electron chi connectivity index (χ0n) is 23.7. The number of halogens is 3. The molecule has 4 aromatic heterocycles. The second-order valence-electron chi connectivity index (χ2n) is 10.8. The van der Waals surface area contributed by atoms with E-state index in [1.807, 2.05) is 0 Å². The number of fused-ring (bicyclic) bond motifs is 1. The molecular formula is C27H28ClF2N7O4SSi. The second kappa shape index (κ2) is 12.0. The second-order valence-corrected chi connectivity index (χ2v) is 18.5. The average Bonchev–Trinajstić information content (AvgIpc) is 3.58. The SMILES string of the molecule is COc1ncc(Cl)cc1S(=O)(=O)Nc1ccc(F)c(-c2ccc3c(-c4nncn4COCC[Si](C)(C)C)ncn3c2)c1F. The summed E-state index contributed by atoms with van der Waals surface area (Å²) in [6.45, 7) is 7.69. The van der Waals surface area contributed by atoms with Crippen LogP contribution in [0.5, 0.6) is 5.88 Å². The number of anilines is 1. The van der Waals surface area contributed by atoms with E-state index in [-0.39, 0.29) is 23.2 Å². The van der Waals surface area contributed by atoms with E-state index in [9.17, 15) is 8.42 Å². The number of nitrogens with zero attached hydrogens (tertiary/aromatic N) is 6. The highest BCUT2D eigenvalue weighted by Gasteiger charge is 2.25. The number of ether oxygens (including phenoxy) is 2. The Hall–Kier alpha value is -3.92. The van der Waals surface area contributed by atoms with Gasteiger partial charge in [-0.05, 0) is 30.3 Å². The maximum Gasteiger partial charge on any atom is 0.267 e. The summed E-state index contributed by atoms with van der Waals surface area (Å²) < 4.78 is 73.2. The molecule has 0 aliphatic rings. The molecule has 0 amide bonds. The van der Waals surface area contributed by atoms with Gasteiger partial charge in [-0.1, -0.05) is 37.3 Å². The van der Waals surface area contributed by atoms with Crippen LogP contribution < -0.4 is 9.46 Å². The van der Waals surface area contributed by atoms with E-state index in [1.165, 1.54) is 31.9 Å². The molecule has 1 N–H and O–H groups in total. The smallest absolute Gasteiger partial charge is 0.267 e. The Morgan fingerprint density at radius 1 is 1.09 bits per heavy atom. The predicted octanol–water partition coefficient (Wildman–Crippen LogP) is 5.71. The van der Waals surface area contributed by atoms with Gasteiger partial charge in [0.05, 0.1) is 28.9 Å². The summed E-state index contributed by atoms with van der Waals surface area (Å²) in [5.41, 5.74) is 0.341. The fourth-order valence-corrected chi connectivity index (χ4v) is 6.43. The first-order valence-corrected chi connectivity index (χ1v) is 18.6. The van der Waals surface area contributed by atoms with Gasteiger partial charge in [-0.25, -0.2) is 27.2 Å². The average molecular weight is 648 g/mol. The van der Waals surface area contributed by atoms with Crippen LogP contribution in [0, 0.1) is 11.6 Å². The first kappa shape index (κ1) is 30.5. The van der Waals surface area contributed by atoms with Gasteiger partial charge < -0.3 is 13.9 Å². The van der Waals surface area contributed by atoms with Crippen molar-refractivity contribution in [3.63, 3.8) is 0 Å². The quantitative estimate of drug-likeness (QED) is 0.143. The molecule has 5 rings (SSSR count). The molecule has 1 aromatic carbocycles. The maximum absolute atomic E-state index is 15.7. The topological polar surface area (TPSA) is 126 Å².